The fraction of sp³-hybridized carbons (Fsp3) is 0.846. The van der Waals surface area contributed by atoms with Crippen LogP contribution in [-0.4, -0.2) is 34.1 Å². The van der Waals surface area contributed by atoms with Crippen molar-refractivity contribution in [3.63, 3.8) is 0 Å². The second kappa shape index (κ2) is 6.31. The zero-order valence-electron chi connectivity index (χ0n) is 11.8. The van der Waals surface area contributed by atoms with E-state index in [2.05, 4.69) is 10.1 Å². The number of ether oxygens (including phenoxy) is 1. The summed E-state index contributed by atoms with van der Waals surface area (Å²) in [7, 11) is 0. The first kappa shape index (κ1) is 16.2. The maximum atomic E-state index is 12.3. The summed E-state index contributed by atoms with van der Waals surface area (Å²) < 4.78 is 47.6. The van der Waals surface area contributed by atoms with Gasteiger partial charge in [-0.3, -0.25) is 0 Å². The van der Waals surface area contributed by atoms with Gasteiger partial charge in [0.25, 0.3) is 0 Å². The van der Waals surface area contributed by atoms with E-state index in [0.717, 1.165) is 32.1 Å². The van der Waals surface area contributed by atoms with E-state index in [-0.39, 0.29) is 11.7 Å². The van der Waals surface area contributed by atoms with Crippen LogP contribution in [0.2, 0.25) is 0 Å². The molecule has 1 heterocycles. The predicted molar refractivity (Wildman–Crippen MR) is 66.5 cm³/mol. The number of nitrogens with zero attached hydrogens (tertiary/aromatic N) is 2. The molecule has 21 heavy (non-hydrogen) atoms. The van der Waals surface area contributed by atoms with Crippen LogP contribution in [0.3, 0.4) is 0 Å². The summed E-state index contributed by atoms with van der Waals surface area (Å²) in [5, 5.41) is 12.8. The first-order valence-corrected chi connectivity index (χ1v) is 7.09. The molecule has 1 fully saturated rings. The first-order chi connectivity index (χ1) is 9.87. The highest BCUT2D eigenvalue weighted by molar-refractivity contribution is 5.04. The van der Waals surface area contributed by atoms with E-state index in [1.54, 1.807) is 0 Å². The van der Waals surface area contributed by atoms with Gasteiger partial charge in [-0.05, 0) is 19.8 Å². The summed E-state index contributed by atoms with van der Waals surface area (Å²) in [5.41, 5.74) is -0.669. The molecule has 0 amide bonds. The third-order valence-electron chi connectivity index (χ3n) is 3.70. The Kier molecular flexibility index (Phi) is 4.88. The topological polar surface area (TPSA) is 68.4 Å². The quantitative estimate of drug-likeness (QED) is 0.906. The molecule has 5 nitrogen and oxygen atoms in total. The lowest BCUT2D eigenvalue weighted by Gasteiger charge is -2.33. The molecule has 1 N–H and O–H groups in total. The molecule has 0 spiro atoms. The van der Waals surface area contributed by atoms with Crippen LogP contribution in [-0.2, 0) is 16.8 Å². The van der Waals surface area contributed by atoms with E-state index in [4.69, 9.17) is 14.4 Å². The van der Waals surface area contributed by atoms with Crippen LogP contribution in [0.5, 0.6) is 0 Å². The molecule has 0 aliphatic heterocycles. The second-order valence-electron chi connectivity index (χ2n) is 5.26. The van der Waals surface area contributed by atoms with Gasteiger partial charge in [-0.2, -0.15) is 18.2 Å². The van der Waals surface area contributed by atoms with Crippen molar-refractivity contribution >= 4 is 0 Å². The van der Waals surface area contributed by atoms with Crippen LogP contribution in [0.4, 0.5) is 13.2 Å². The average Bonchev–Trinajstić information content (AvgIpc) is 2.88. The molecule has 0 saturated heterocycles. The van der Waals surface area contributed by atoms with E-state index in [1.165, 1.54) is 0 Å². The standard InChI is InChI=1S/C13H19F3N2O3/c1-2-20-12(6-4-3-5-7-12)11-17-10(21-18-11)8-9(19)13(14,15)16/h9,19H,2-8H2,1H3. The Morgan fingerprint density at radius 1 is 1.33 bits per heavy atom. The molecule has 0 bridgehead atoms. The van der Waals surface area contributed by atoms with Crippen molar-refractivity contribution in [3.8, 4) is 0 Å². The number of alkyl halides is 3. The van der Waals surface area contributed by atoms with Gasteiger partial charge in [-0.25, -0.2) is 0 Å². The van der Waals surface area contributed by atoms with Gasteiger partial charge in [0, 0.05) is 6.61 Å². The Morgan fingerprint density at radius 2 is 2.00 bits per heavy atom. The molecule has 1 aromatic rings. The third-order valence-corrected chi connectivity index (χ3v) is 3.70. The van der Waals surface area contributed by atoms with E-state index in [0.29, 0.717) is 6.61 Å². The second-order valence-corrected chi connectivity index (χ2v) is 5.26. The molecule has 120 valence electrons. The molecular formula is C13H19F3N2O3. The summed E-state index contributed by atoms with van der Waals surface area (Å²) in [5.74, 6) is 0.0629. The lowest BCUT2D eigenvalue weighted by Crippen LogP contribution is -2.34. The molecule has 1 unspecified atom stereocenters. The van der Waals surface area contributed by atoms with Crippen molar-refractivity contribution in [2.24, 2.45) is 0 Å². The number of halogens is 3. The molecule has 0 aromatic carbocycles. The molecule has 1 aliphatic rings. The van der Waals surface area contributed by atoms with Crippen LogP contribution in [0.1, 0.15) is 50.7 Å². The number of aromatic nitrogens is 2. The Morgan fingerprint density at radius 3 is 2.57 bits per heavy atom. The Labute approximate surface area is 120 Å². The van der Waals surface area contributed by atoms with Crippen LogP contribution in [0, 0.1) is 0 Å². The number of rotatable bonds is 5. The summed E-state index contributed by atoms with van der Waals surface area (Å²) in [4.78, 5) is 4.02. The molecule has 0 radical (unpaired) electrons. The molecular weight excluding hydrogens is 289 g/mol. The minimum Gasteiger partial charge on any atom is -0.383 e. The molecule has 1 aromatic heterocycles. The van der Waals surface area contributed by atoms with Crippen LogP contribution in [0.25, 0.3) is 0 Å². The lowest BCUT2D eigenvalue weighted by molar-refractivity contribution is -0.204. The molecule has 1 aliphatic carbocycles. The normalized spacial score (nSPS) is 20.4. The Balaban J connectivity index is 2.13. The minimum absolute atomic E-state index is 0.223. The van der Waals surface area contributed by atoms with Gasteiger partial charge in [-0.15, -0.1) is 0 Å². The monoisotopic (exact) mass is 308 g/mol. The highest BCUT2D eigenvalue weighted by Gasteiger charge is 2.42. The highest BCUT2D eigenvalue weighted by Crippen LogP contribution is 2.39. The maximum Gasteiger partial charge on any atom is 0.414 e. The summed E-state index contributed by atoms with van der Waals surface area (Å²) >= 11 is 0. The van der Waals surface area contributed by atoms with Crippen molar-refractivity contribution in [3.05, 3.63) is 11.7 Å². The number of hydrogen-bond acceptors (Lipinski definition) is 5. The van der Waals surface area contributed by atoms with Crippen molar-refractivity contribution in [1.82, 2.24) is 10.1 Å². The van der Waals surface area contributed by atoms with Gasteiger partial charge in [0.1, 0.15) is 5.60 Å². The third kappa shape index (κ3) is 3.74. The van der Waals surface area contributed by atoms with E-state index in [9.17, 15) is 13.2 Å². The summed E-state index contributed by atoms with van der Waals surface area (Å²) in [6.07, 6.45) is -3.49. The van der Waals surface area contributed by atoms with Crippen LogP contribution < -0.4 is 0 Å². The van der Waals surface area contributed by atoms with Gasteiger partial charge >= 0.3 is 6.18 Å². The van der Waals surface area contributed by atoms with E-state index in [1.807, 2.05) is 6.92 Å². The van der Waals surface area contributed by atoms with Crippen LogP contribution in [0.15, 0.2) is 4.52 Å². The fourth-order valence-electron chi connectivity index (χ4n) is 2.64. The zero-order chi connectivity index (χ0) is 15.5. The number of hydrogen-bond donors (Lipinski definition) is 1. The van der Waals surface area contributed by atoms with Crippen molar-refractivity contribution < 1.29 is 27.5 Å². The summed E-state index contributed by atoms with van der Waals surface area (Å²) in [6, 6.07) is 0. The summed E-state index contributed by atoms with van der Waals surface area (Å²) in [6.45, 7) is 2.32. The fourth-order valence-corrected chi connectivity index (χ4v) is 2.64. The first-order valence-electron chi connectivity index (χ1n) is 7.09. The molecule has 8 heteroatoms. The lowest BCUT2D eigenvalue weighted by atomic mass is 9.84. The number of aliphatic hydroxyl groups is 1. The highest BCUT2D eigenvalue weighted by atomic mass is 19.4. The largest absolute Gasteiger partial charge is 0.414 e. The Bertz CT molecular complexity index is 450. The molecule has 1 saturated carbocycles. The van der Waals surface area contributed by atoms with Gasteiger partial charge in [0.05, 0.1) is 6.42 Å². The average molecular weight is 308 g/mol. The molecule has 1 atom stereocenters. The van der Waals surface area contributed by atoms with Gasteiger partial charge < -0.3 is 14.4 Å². The number of aliphatic hydroxyl groups excluding tert-OH is 1. The minimum atomic E-state index is -4.70. The smallest absolute Gasteiger partial charge is 0.383 e. The maximum absolute atomic E-state index is 12.3. The van der Waals surface area contributed by atoms with Crippen molar-refractivity contribution in [1.29, 1.82) is 0 Å². The van der Waals surface area contributed by atoms with Gasteiger partial charge in [0.15, 0.2) is 6.10 Å². The van der Waals surface area contributed by atoms with E-state index >= 15 is 0 Å². The SMILES string of the molecule is CCOC1(c2noc(CC(O)C(F)(F)F)n2)CCCCC1. The predicted octanol–water partition coefficient (Wildman–Crippen LogP) is 2.73. The van der Waals surface area contributed by atoms with E-state index < -0.39 is 24.3 Å². The van der Waals surface area contributed by atoms with Gasteiger partial charge in [-0.1, -0.05) is 24.4 Å². The van der Waals surface area contributed by atoms with Crippen LogP contribution >= 0.6 is 0 Å². The van der Waals surface area contributed by atoms with Gasteiger partial charge in [0.2, 0.25) is 11.7 Å². The van der Waals surface area contributed by atoms with Crippen molar-refractivity contribution in [2.75, 3.05) is 6.61 Å². The Hall–Kier alpha value is -1.15. The van der Waals surface area contributed by atoms with Crippen molar-refractivity contribution in [2.45, 2.75) is 63.3 Å². The zero-order valence-corrected chi connectivity index (χ0v) is 11.8. The molecule has 2 rings (SSSR count).